The molecule has 2 rings (SSSR count). The van der Waals surface area contributed by atoms with E-state index in [2.05, 4.69) is 48.1 Å². The van der Waals surface area contributed by atoms with Gasteiger partial charge in [-0.15, -0.1) is 0 Å². The zero-order valence-electron chi connectivity index (χ0n) is 11.8. The van der Waals surface area contributed by atoms with Crippen molar-refractivity contribution < 1.29 is 4.52 Å². The number of pyridine rings is 1. The fourth-order valence-electron chi connectivity index (χ4n) is 1.64. The molecule has 0 bridgehead atoms. The summed E-state index contributed by atoms with van der Waals surface area (Å²) >= 11 is 0. The van der Waals surface area contributed by atoms with Crippen molar-refractivity contribution in [1.29, 1.82) is 0 Å². The van der Waals surface area contributed by atoms with Crippen molar-refractivity contribution in [2.45, 2.75) is 45.7 Å². The van der Waals surface area contributed by atoms with E-state index in [-0.39, 0.29) is 11.5 Å². The third kappa shape index (κ3) is 3.61. The average molecular weight is 260 g/mol. The van der Waals surface area contributed by atoms with E-state index in [0.29, 0.717) is 12.4 Å². The summed E-state index contributed by atoms with van der Waals surface area (Å²) in [4.78, 5) is 8.40. The van der Waals surface area contributed by atoms with Crippen LogP contribution in [-0.4, -0.2) is 15.1 Å². The molecule has 1 N–H and O–H groups in total. The van der Waals surface area contributed by atoms with Gasteiger partial charge in [0.05, 0.1) is 6.54 Å². The zero-order valence-corrected chi connectivity index (χ0v) is 11.8. The van der Waals surface area contributed by atoms with Crippen LogP contribution in [0.3, 0.4) is 0 Å². The molecule has 1 atom stereocenters. The van der Waals surface area contributed by atoms with Crippen LogP contribution in [0.4, 0.5) is 0 Å². The van der Waals surface area contributed by atoms with Gasteiger partial charge < -0.3 is 9.84 Å². The van der Waals surface area contributed by atoms with Gasteiger partial charge in [-0.25, -0.2) is 0 Å². The molecule has 0 saturated carbocycles. The Labute approximate surface area is 113 Å². The van der Waals surface area contributed by atoms with Gasteiger partial charge in [0.1, 0.15) is 0 Å². The quantitative estimate of drug-likeness (QED) is 0.915. The lowest BCUT2D eigenvalue weighted by atomic mass is 9.96. The third-order valence-electron chi connectivity index (χ3n) is 2.90. The fraction of sp³-hybridized carbons (Fsp3) is 0.500. The molecule has 0 aliphatic rings. The predicted molar refractivity (Wildman–Crippen MR) is 72.5 cm³/mol. The van der Waals surface area contributed by atoms with E-state index < -0.39 is 0 Å². The first-order valence-electron chi connectivity index (χ1n) is 6.43. The van der Waals surface area contributed by atoms with Gasteiger partial charge in [0.25, 0.3) is 0 Å². The average Bonchev–Trinajstić information content (AvgIpc) is 2.86. The summed E-state index contributed by atoms with van der Waals surface area (Å²) in [6, 6.07) is 4.20. The van der Waals surface area contributed by atoms with Crippen LogP contribution < -0.4 is 5.32 Å². The van der Waals surface area contributed by atoms with Crippen LogP contribution in [0.25, 0.3) is 0 Å². The molecule has 0 aliphatic heterocycles. The van der Waals surface area contributed by atoms with Crippen molar-refractivity contribution in [2.24, 2.45) is 0 Å². The lowest BCUT2D eigenvalue weighted by molar-refractivity contribution is 0.349. The first-order valence-corrected chi connectivity index (χ1v) is 6.43. The lowest BCUT2D eigenvalue weighted by Crippen LogP contribution is -2.19. The Morgan fingerprint density at radius 1 is 1.26 bits per heavy atom. The summed E-state index contributed by atoms with van der Waals surface area (Å²) in [5.41, 5.74) is 1.10. The molecule has 0 aromatic carbocycles. The molecule has 1 unspecified atom stereocenters. The van der Waals surface area contributed by atoms with Gasteiger partial charge in [0.2, 0.25) is 5.89 Å². The highest BCUT2D eigenvalue weighted by atomic mass is 16.5. The van der Waals surface area contributed by atoms with Crippen LogP contribution in [-0.2, 0) is 12.0 Å². The van der Waals surface area contributed by atoms with Crippen LogP contribution in [0.15, 0.2) is 29.0 Å². The Morgan fingerprint density at radius 2 is 1.95 bits per heavy atom. The van der Waals surface area contributed by atoms with Crippen molar-refractivity contribution >= 4 is 0 Å². The molecule has 19 heavy (non-hydrogen) atoms. The second-order valence-corrected chi connectivity index (χ2v) is 5.64. The van der Waals surface area contributed by atoms with Gasteiger partial charge in [-0.1, -0.05) is 25.9 Å². The second-order valence-electron chi connectivity index (χ2n) is 5.64. The normalized spacial score (nSPS) is 13.5. The van der Waals surface area contributed by atoms with E-state index in [1.807, 2.05) is 12.1 Å². The minimum Gasteiger partial charge on any atom is -0.338 e. The Hall–Kier alpha value is -1.75. The maximum absolute atomic E-state index is 5.24. The van der Waals surface area contributed by atoms with Gasteiger partial charge in [0, 0.05) is 23.9 Å². The fourth-order valence-corrected chi connectivity index (χ4v) is 1.64. The number of hydrogen-bond acceptors (Lipinski definition) is 5. The van der Waals surface area contributed by atoms with Crippen molar-refractivity contribution in [2.75, 3.05) is 0 Å². The summed E-state index contributed by atoms with van der Waals surface area (Å²) in [7, 11) is 0. The number of rotatable bonds is 4. The van der Waals surface area contributed by atoms with Crippen LogP contribution in [0, 0.1) is 0 Å². The predicted octanol–water partition coefficient (Wildman–Crippen LogP) is 2.61. The smallest absolute Gasteiger partial charge is 0.240 e. The van der Waals surface area contributed by atoms with E-state index >= 15 is 0 Å². The lowest BCUT2D eigenvalue weighted by Gasteiger charge is -2.12. The molecular formula is C14H20N4O. The highest BCUT2D eigenvalue weighted by Gasteiger charge is 2.20. The molecule has 5 heteroatoms. The topological polar surface area (TPSA) is 63.8 Å². The molecule has 5 nitrogen and oxygen atoms in total. The number of nitrogens with one attached hydrogen (secondary N) is 1. The Kier molecular flexibility index (Phi) is 3.95. The largest absolute Gasteiger partial charge is 0.338 e. The van der Waals surface area contributed by atoms with Crippen molar-refractivity contribution in [3.8, 4) is 0 Å². The van der Waals surface area contributed by atoms with E-state index in [0.717, 1.165) is 5.82 Å². The molecule has 2 aromatic rings. The molecule has 0 amide bonds. The molecule has 2 aromatic heterocycles. The van der Waals surface area contributed by atoms with Crippen molar-refractivity contribution in [1.82, 2.24) is 20.4 Å². The molecule has 0 spiro atoms. The summed E-state index contributed by atoms with van der Waals surface area (Å²) in [5.74, 6) is 1.35. The van der Waals surface area contributed by atoms with Gasteiger partial charge >= 0.3 is 0 Å². The number of hydrogen-bond donors (Lipinski definition) is 1. The maximum Gasteiger partial charge on any atom is 0.240 e. The summed E-state index contributed by atoms with van der Waals surface area (Å²) < 4.78 is 5.24. The standard InChI is InChI=1S/C14H20N4O/c1-10(11-5-7-15-8-6-11)16-9-12-17-13(18-19-12)14(2,3)4/h5-8,10,16H,9H2,1-4H3. The summed E-state index contributed by atoms with van der Waals surface area (Å²) in [5, 5.41) is 7.36. The van der Waals surface area contributed by atoms with Crippen LogP contribution in [0.2, 0.25) is 0 Å². The van der Waals surface area contributed by atoms with Crippen molar-refractivity contribution in [3.05, 3.63) is 41.8 Å². The van der Waals surface area contributed by atoms with Gasteiger partial charge in [0.15, 0.2) is 5.82 Å². The van der Waals surface area contributed by atoms with E-state index in [1.165, 1.54) is 5.56 Å². The van der Waals surface area contributed by atoms with Gasteiger partial charge in [-0.2, -0.15) is 4.98 Å². The van der Waals surface area contributed by atoms with E-state index in [1.54, 1.807) is 12.4 Å². The molecule has 102 valence electrons. The SMILES string of the molecule is CC(NCc1nc(C(C)(C)C)no1)c1ccncc1. The molecule has 0 saturated heterocycles. The number of aromatic nitrogens is 3. The minimum absolute atomic E-state index is 0.0849. The molecule has 0 aliphatic carbocycles. The Balaban J connectivity index is 1.94. The van der Waals surface area contributed by atoms with Crippen molar-refractivity contribution in [3.63, 3.8) is 0 Å². The first-order chi connectivity index (χ1) is 8.97. The zero-order chi connectivity index (χ0) is 13.9. The minimum atomic E-state index is -0.0849. The monoisotopic (exact) mass is 260 g/mol. The number of nitrogens with zero attached hydrogens (tertiary/aromatic N) is 3. The van der Waals surface area contributed by atoms with Gasteiger partial charge in [-0.3, -0.25) is 4.98 Å². The first kappa shape index (κ1) is 13.7. The summed E-state index contributed by atoms with van der Waals surface area (Å²) in [6.45, 7) is 8.85. The van der Waals surface area contributed by atoms with E-state index in [9.17, 15) is 0 Å². The van der Waals surface area contributed by atoms with Gasteiger partial charge in [-0.05, 0) is 24.6 Å². The molecular weight excluding hydrogens is 240 g/mol. The second kappa shape index (κ2) is 5.48. The molecule has 2 heterocycles. The maximum atomic E-state index is 5.24. The third-order valence-corrected chi connectivity index (χ3v) is 2.90. The summed E-state index contributed by atoms with van der Waals surface area (Å²) in [6.07, 6.45) is 3.58. The Morgan fingerprint density at radius 3 is 2.53 bits per heavy atom. The van der Waals surface area contributed by atoms with Crippen LogP contribution in [0.1, 0.15) is 51.0 Å². The van der Waals surface area contributed by atoms with E-state index in [4.69, 9.17) is 4.52 Å². The highest BCUT2D eigenvalue weighted by molar-refractivity contribution is 5.14. The van der Waals surface area contributed by atoms with Crippen LogP contribution in [0.5, 0.6) is 0 Å². The molecule has 0 fully saturated rings. The highest BCUT2D eigenvalue weighted by Crippen LogP contribution is 2.18. The van der Waals surface area contributed by atoms with Crippen LogP contribution >= 0.6 is 0 Å². The Bertz CT molecular complexity index is 516. The molecule has 0 radical (unpaired) electrons.